The second kappa shape index (κ2) is 4.90. The molecule has 2 aliphatic rings. The summed E-state index contributed by atoms with van der Waals surface area (Å²) in [5.74, 6) is 0.457. The van der Waals surface area contributed by atoms with Crippen molar-refractivity contribution in [2.75, 3.05) is 6.54 Å². The Morgan fingerprint density at radius 2 is 1.78 bits per heavy atom. The van der Waals surface area contributed by atoms with Crippen molar-refractivity contribution in [2.24, 2.45) is 5.92 Å². The Morgan fingerprint density at radius 3 is 2.33 bits per heavy atom. The van der Waals surface area contributed by atoms with Gasteiger partial charge in [-0.3, -0.25) is 9.69 Å². The van der Waals surface area contributed by atoms with Crippen LogP contribution in [0, 0.1) is 5.92 Å². The minimum Gasteiger partial charge on any atom is -0.444 e. The normalized spacial score (nSPS) is 24.8. The number of likely N-dealkylation sites (tertiary alicyclic amines) is 1. The monoisotopic (exact) mass is 253 g/mol. The molecule has 0 radical (unpaired) electrons. The van der Waals surface area contributed by atoms with E-state index in [2.05, 4.69) is 0 Å². The van der Waals surface area contributed by atoms with Gasteiger partial charge in [-0.15, -0.1) is 0 Å². The Bertz CT molecular complexity index is 341. The Hall–Kier alpha value is -1.06. The number of ether oxygens (including phenoxy) is 1. The van der Waals surface area contributed by atoms with Gasteiger partial charge in [-0.05, 0) is 52.9 Å². The summed E-state index contributed by atoms with van der Waals surface area (Å²) < 4.78 is 5.39. The third kappa shape index (κ3) is 3.24. The van der Waals surface area contributed by atoms with Gasteiger partial charge in [0.25, 0.3) is 0 Å². The third-order valence-corrected chi connectivity index (χ3v) is 3.44. The van der Waals surface area contributed by atoms with Crippen molar-refractivity contribution < 1.29 is 14.3 Å². The first-order valence-corrected chi connectivity index (χ1v) is 6.92. The summed E-state index contributed by atoms with van der Waals surface area (Å²) in [7, 11) is 0. The van der Waals surface area contributed by atoms with Crippen LogP contribution in [0.5, 0.6) is 0 Å². The van der Waals surface area contributed by atoms with Gasteiger partial charge < -0.3 is 4.74 Å². The minimum atomic E-state index is -0.498. The number of carbonyl (C=O) groups is 2. The van der Waals surface area contributed by atoms with Gasteiger partial charge in [0.15, 0.2) is 5.78 Å². The molecule has 4 nitrogen and oxygen atoms in total. The van der Waals surface area contributed by atoms with E-state index in [0.717, 1.165) is 32.1 Å². The summed E-state index contributed by atoms with van der Waals surface area (Å²) in [5, 5.41) is 0. The van der Waals surface area contributed by atoms with E-state index in [-0.39, 0.29) is 23.8 Å². The van der Waals surface area contributed by atoms with Crippen molar-refractivity contribution >= 4 is 11.9 Å². The lowest BCUT2D eigenvalue weighted by molar-refractivity contribution is -0.126. The average molecular weight is 253 g/mol. The van der Waals surface area contributed by atoms with Gasteiger partial charge in [-0.25, -0.2) is 4.79 Å². The molecule has 1 unspecified atom stereocenters. The van der Waals surface area contributed by atoms with Crippen molar-refractivity contribution in [3.63, 3.8) is 0 Å². The van der Waals surface area contributed by atoms with E-state index in [1.807, 2.05) is 20.8 Å². The number of ketones is 1. The van der Waals surface area contributed by atoms with Crippen LogP contribution in [-0.4, -0.2) is 35.0 Å². The number of hydrogen-bond donors (Lipinski definition) is 0. The SMILES string of the molecule is CC(C)(C)OC(=O)N1CCCCC1C(=O)C1CC1. The molecule has 102 valence electrons. The molecule has 1 aliphatic heterocycles. The maximum atomic E-state index is 12.2. The average Bonchev–Trinajstić information content (AvgIpc) is 3.09. The van der Waals surface area contributed by atoms with Gasteiger partial charge in [0.1, 0.15) is 5.60 Å². The lowest BCUT2D eigenvalue weighted by Gasteiger charge is -2.36. The number of hydrogen-bond acceptors (Lipinski definition) is 3. The summed E-state index contributed by atoms with van der Waals surface area (Å²) in [5.41, 5.74) is -0.498. The molecule has 1 atom stereocenters. The van der Waals surface area contributed by atoms with Crippen LogP contribution in [-0.2, 0) is 9.53 Å². The molecule has 0 aromatic heterocycles. The van der Waals surface area contributed by atoms with Crippen molar-refractivity contribution in [2.45, 2.75) is 64.5 Å². The van der Waals surface area contributed by atoms with Gasteiger partial charge >= 0.3 is 6.09 Å². The van der Waals surface area contributed by atoms with Crippen LogP contribution in [0.15, 0.2) is 0 Å². The van der Waals surface area contributed by atoms with Crippen LogP contribution in [0.25, 0.3) is 0 Å². The minimum absolute atomic E-state index is 0.207. The highest BCUT2D eigenvalue weighted by molar-refractivity contribution is 5.91. The molecule has 4 heteroatoms. The van der Waals surface area contributed by atoms with Gasteiger partial charge in [-0.2, -0.15) is 0 Å². The summed E-state index contributed by atoms with van der Waals surface area (Å²) in [4.78, 5) is 26.0. The highest BCUT2D eigenvalue weighted by Crippen LogP contribution is 2.34. The van der Waals surface area contributed by atoms with Gasteiger partial charge in [-0.1, -0.05) is 0 Å². The zero-order valence-electron chi connectivity index (χ0n) is 11.6. The largest absolute Gasteiger partial charge is 0.444 e. The number of rotatable bonds is 2. The highest BCUT2D eigenvalue weighted by Gasteiger charge is 2.41. The number of piperidine rings is 1. The zero-order chi connectivity index (χ0) is 13.3. The smallest absolute Gasteiger partial charge is 0.410 e. The maximum absolute atomic E-state index is 12.2. The Balaban J connectivity index is 2.02. The van der Waals surface area contributed by atoms with Crippen LogP contribution in [0.2, 0.25) is 0 Å². The van der Waals surface area contributed by atoms with E-state index in [1.165, 1.54) is 0 Å². The molecule has 0 aromatic carbocycles. The maximum Gasteiger partial charge on any atom is 0.410 e. The predicted octanol–water partition coefficient (Wildman–Crippen LogP) is 2.76. The number of amides is 1. The third-order valence-electron chi connectivity index (χ3n) is 3.44. The van der Waals surface area contributed by atoms with Crippen molar-refractivity contribution in [1.82, 2.24) is 4.90 Å². The predicted molar refractivity (Wildman–Crippen MR) is 68.3 cm³/mol. The quantitative estimate of drug-likeness (QED) is 0.760. The van der Waals surface area contributed by atoms with Crippen LogP contribution in [0.4, 0.5) is 4.79 Å². The molecule has 0 spiro atoms. The molecule has 0 aromatic rings. The number of nitrogens with zero attached hydrogens (tertiary/aromatic N) is 1. The van der Waals surface area contributed by atoms with E-state index in [9.17, 15) is 9.59 Å². The fourth-order valence-corrected chi connectivity index (χ4v) is 2.41. The fraction of sp³-hybridized carbons (Fsp3) is 0.857. The van der Waals surface area contributed by atoms with Crippen LogP contribution >= 0.6 is 0 Å². The van der Waals surface area contributed by atoms with Crippen LogP contribution in [0.3, 0.4) is 0 Å². The number of carbonyl (C=O) groups excluding carboxylic acids is 2. The molecular weight excluding hydrogens is 230 g/mol. The first kappa shape index (κ1) is 13.4. The van der Waals surface area contributed by atoms with Crippen molar-refractivity contribution in [1.29, 1.82) is 0 Å². The molecular formula is C14H23NO3. The van der Waals surface area contributed by atoms with E-state index < -0.39 is 5.60 Å². The summed E-state index contributed by atoms with van der Waals surface area (Å²) in [6.45, 7) is 6.21. The molecule has 1 saturated heterocycles. The van der Waals surface area contributed by atoms with Crippen molar-refractivity contribution in [3.05, 3.63) is 0 Å². The van der Waals surface area contributed by atoms with Crippen LogP contribution < -0.4 is 0 Å². The number of Topliss-reactive ketones (excluding diaryl/α,β-unsaturated/α-hetero) is 1. The second-order valence-corrected chi connectivity index (χ2v) is 6.36. The summed E-state index contributed by atoms with van der Waals surface area (Å²) in [6, 6.07) is -0.235. The van der Waals surface area contributed by atoms with E-state index >= 15 is 0 Å². The second-order valence-electron chi connectivity index (χ2n) is 6.36. The van der Waals surface area contributed by atoms with E-state index in [4.69, 9.17) is 4.74 Å². The van der Waals surface area contributed by atoms with Gasteiger partial charge in [0.05, 0.1) is 6.04 Å². The van der Waals surface area contributed by atoms with Gasteiger partial charge in [0.2, 0.25) is 0 Å². The fourth-order valence-electron chi connectivity index (χ4n) is 2.41. The molecule has 2 rings (SSSR count). The Kier molecular flexibility index (Phi) is 3.64. The van der Waals surface area contributed by atoms with E-state index in [1.54, 1.807) is 4.90 Å². The lowest BCUT2D eigenvalue weighted by atomic mass is 9.96. The Labute approximate surface area is 109 Å². The topological polar surface area (TPSA) is 46.6 Å². The van der Waals surface area contributed by atoms with Crippen LogP contribution in [0.1, 0.15) is 52.9 Å². The zero-order valence-corrected chi connectivity index (χ0v) is 11.6. The molecule has 1 amide bonds. The standard InChI is InChI=1S/C14H23NO3/c1-14(2,3)18-13(17)15-9-5-4-6-11(15)12(16)10-7-8-10/h10-11H,4-9H2,1-3H3. The first-order valence-electron chi connectivity index (χ1n) is 6.92. The molecule has 1 aliphatic carbocycles. The highest BCUT2D eigenvalue weighted by atomic mass is 16.6. The molecule has 1 heterocycles. The Morgan fingerprint density at radius 1 is 1.11 bits per heavy atom. The first-order chi connectivity index (χ1) is 8.38. The summed E-state index contributed by atoms with van der Waals surface area (Å²) in [6.07, 6.45) is 4.46. The van der Waals surface area contributed by atoms with Crippen molar-refractivity contribution in [3.8, 4) is 0 Å². The van der Waals surface area contributed by atoms with E-state index in [0.29, 0.717) is 6.54 Å². The van der Waals surface area contributed by atoms with Gasteiger partial charge in [0, 0.05) is 12.5 Å². The molecule has 2 fully saturated rings. The summed E-state index contributed by atoms with van der Waals surface area (Å²) >= 11 is 0. The molecule has 18 heavy (non-hydrogen) atoms. The molecule has 0 bridgehead atoms. The molecule has 0 N–H and O–H groups in total. The molecule has 1 saturated carbocycles. The lowest BCUT2D eigenvalue weighted by Crippen LogP contribution is -2.50.